The molecule has 1 aliphatic rings. The number of nitrogens with zero attached hydrogens (tertiary/aromatic N) is 1. The Bertz CT molecular complexity index is 1600. The molecule has 4 aromatic rings. The number of halogens is 2. The maximum Gasteiger partial charge on any atom is 0.353 e. The van der Waals surface area contributed by atoms with Gasteiger partial charge in [-0.2, -0.15) is 0 Å². The zero-order valence-corrected chi connectivity index (χ0v) is 17.9. The lowest BCUT2D eigenvalue weighted by atomic mass is 9.93. The smallest absolute Gasteiger partial charge is 0.353 e. The Morgan fingerprint density at radius 3 is 2.65 bits per heavy atom. The minimum Gasteiger partial charge on any atom is -0.477 e. The molecule has 170 valence electrons. The monoisotopic (exact) mass is 461 g/mol. The number of aromatic carboxylic acids is 1. The molecule has 0 saturated heterocycles. The number of hydrogen-bond acceptors (Lipinski definition) is 4. The van der Waals surface area contributed by atoms with Crippen LogP contribution in [0.1, 0.15) is 45.3 Å². The Kier molecular flexibility index (Phi) is 5.01. The highest BCUT2D eigenvalue weighted by atomic mass is 19.1. The van der Waals surface area contributed by atoms with Gasteiger partial charge in [0.25, 0.3) is 0 Å². The number of hydrogen-bond donors (Lipinski definition) is 1. The van der Waals surface area contributed by atoms with Gasteiger partial charge < -0.3 is 14.1 Å². The summed E-state index contributed by atoms with van der Waals surface area (Å²) in [6, 6.07) is 6.37. The van der Waals surface area contributed by atoms with Crippen molar-refractivity contribution in [2.75, 3.05) is 0 Å². The number of allylic oxidation sites excluding steroid dienone is 4. The molecule has 6 nitrogen and oxygen atoms in total. The van der Waals surface area contributed by atoms with Gasteiger partial charge in [0.2, 0.25) is 0 Å². The summed E-state index contributed by atoms with van der Waals surface area (Å²) >= 11 is 0. The number of furan rings is 1. The molecule has 8 heteroatoms. The van der Waals surface area contributed by atoms with Crippen molar-refractivity contribution in [3.05, 3.63) is 88.8 Å². The van der Waals surface area contributed by atoms with Gasteiger partial charge in [0, 0.05) is 28.7 Å². The molecule has 0 radical (unpaired) electrons. The molecular weight excluding hydrogens is 444 g/mol. The van der Waals surface area contributed by atoms with Gasteiger partial charge in [0.05, 0.1) is 29.1 Å². The van der Waals surface area contributed by atoms with Gasteiger partial charge in [0.1, 0.15) is 22.9 Å². The van der Waals surface area contributed by atoms with E-state index in [4.69, 9.17) is 4.42 Å². The fourth-order valence-corrected chi connectivity index (χ4v) is 4.40. The lowest BCUT2D eigenvalue weighted by Crippen LogP contribution is -2.14. The van der Waals surface area contributed by atoms with Crippen molar-refractivity contribution < 1.29 is 32.7 Å². The molecule has 1 N–H and O–H groups in total. The fourth-order valence-electron chi connectivity index (χ4n) is 4.40. The molecule has 0 bridgehead atoms. The molecule has 0 fully saturated rings. The highest BCUT2D eigenvalue weighted by Crippen LogP contribution is 2.40. The summed E-state index contributed by atoms with van der Waals surface area (Å²) in [5.74, 6) is -3.28. The van der Waals surface area contributed by atoms with Gasteiger partial charge in [-0.3, -0.25) is 9.59 Å². The number of carbonyl (C=O) groups is 3. The van der Waals surface area contributed by atoms with Gasteiger partial charge in [-0.15, -0.1) is 0 Å². The number of carbonyl (C=O) groups excluding carboxylic acids is 2. The average Bonchev–Trinajstić information content (AvgIpc) is 3.39. The van der Waals surface area contributed by atoms with Crippen LogP contribution in [0.2, 0.25) is 0 Å². The van der Waals surface area contributed by atoms with E-state index in [0.717, 1.165) is 12.1 Å². The van der Waals surface area contributed by atoms with Crippen LogP contribution in [0.5, 0.6) is 0 Å². The SMILES string of the molecule is CC(=O)c1ccc(F)c(Cn2c(C(=O)O)c(C3=CC=CCC3=O)c3c4occc4c(F)cc32)c1. The lowest BCUT2D eigenvalue weighted by molar-refractivity contribution is -0.113. The van der Waals surface area contributed by atoms with E-state index in [0.29, 0.717) is 0 Å². The van der Waals surface area contributed by atoms with Crippen molar-refractivity contribution in [1.82, 2.24) is 4.57 Å². The van der Waals surface area contributed by atoms with Crippen molar-refractivity contribution in [2.45, 2.75) is 19.9 Å². The number of carboxylic acids is 1. The molecule has 0 spiro atoms. The quantitative estimate of drug-likeness (QED) is 0.395. The van der Waals surface area contributed by atoms with E-state index < -0.39 is 17.6 Å². The minimum atomic E-state index is -1.38. The Balaban J connectivity index is 1.89. The number of Topliss-reactive ketones (excluding diaryl/α,β-unsaturated/α-hetero) is 2. The van der Waals surface area contributed by atoms with Crippen molar-refractivity contribution in [3.63, 3.8) is 0 Å². The zero-order valence-electron chi connectivity index (χ0n) is 17.9. The van der Waals surface area contributed by atoms with Crippen LogP contribution in [-0.2, 0) is 11.3 Å². The minimum absolute atomic E-state index is 0.0439. The standard InChI is InChI=1S/C26H17F2NO5/c1-13(30)14-6-7-18(27)15(10-14)12-29-20-11-19(28)16-8-9-34-25(16)23(20)22(24(29)26(32)33)17-4-2-3-5-21(17)31/h2-4,6-11H,5,12H2,1H3,(H,32,33). The van der Waals surface area contributed by atoms with Gasteiger partial charge in [-0.25, -0.2) is 13.6 Å². The topological polar surface area (TPSA) is 89.5 Å². The van der Waals surface area contributed by atoms with Crippen LogP contribution in [0, 0.1) is 11.6 Å². The fraction of sp³-hybridized carbons (Fsp3) is 0.115. The van der Waals surface area contributed by atoms with Crippen LogP contribution >= 0.6 is 0 Å². The van der Waals surface area contributed by atoms with E-state index in [1.165, 1.54) is 42.0 Å². The first-order valence-corrected chi connectivity index (χ1v) is 10.4. The van der Waals surface area contributed by atoms with Crippen molar-refractivity contribution in [2.24, 2.45) is 0 Å². The summed E-state index contributed by atoms with van der Waals surface area (Å²) in [6.07, 6.45) is 6.16. The van der Waals surface area contributed by atoms with E-state index in [1.54, 1.807) is 12.2 Å². The van der Waals surface area contributed by atoms with E-state index in [1.807, 2.05) is 0 Å². The first-order valence-electron chi connectivity index (χ1n) is 10.4. The van der Waals surface area contributed by atoms with Crippen LogP contribution in [0.25, 0.3) is 27.4 Å². The maximum absolute atomic E-state index is 14.9. The summed E-state index contributed by atoms with van der Waals surface area (Å²) < 4.78 is 36.4. The molecule has 0 unspecified atom stereocenters. The second-order valence-corrected chi connectivity index (χ2v) is 8.03. The predicted octanol–water partition coefficient (Wildman–Crippen LogP) is 5.53. The molecule has 0 atom stereocenters. The first-order chi connectivity index (χ1) is 16.3. The Morgan fingerprint density at radius 2 is 1.94 bits per heavy atom. The highest BCUT2D eigenvalue weighted by Gasteiger charge is 2.31. The third-order valence-corrected chi connectivity index (χ3v) is 5.97. The number of aromatic nitrogens is 1. The zero-order chi connectivity index (χ0) is 24.1. The number of carboxylic acid groups (broad SMARTS) is 1. The molecule has 2 aromatic heterocycles. The van der Waals surface area contributed by atoms with Crippen molar-refractivity contribution in [1.29, 1.82) is 0 Å². The molecule has 2 aromatic carbocycles. The predicted molar refractivity (Wildman–Crippen MR) is 121 cm³/mol. The van der Waals surface area contributed by atoms with Gasteiger partial charge in [-0.05, 0) is 37.3 Å². The number of rotatable bonds is 5. The molecule has 2 heterocycles. The summed E-state index contributed by atoms with van der Waals surface area (Å²) in [5.41, 5.74) is 0.435. The molecule has 1 aliphatic carbocycles. The summed E-state index contributed by atoms with van der Waals surface area (Å²) in [5, 5.41) is 10.6. The second kappa shape index (κ2) is 7.91. The third kappa shape index (κ3) is 3.26. The van der Waals surface area contributed by atoms with E-state index in [9.17, 15) is 28.3 Å². The number of ketones is 2. The lowest BCUT2D eigenvalue weighted by Gasteiger charge is -2.12. The van der Waals surface area contributed by atoms with Crippen LogP contribution < -0.4 is 0 Å². The van der Waals surface area contributed by atoms with Crippen molar-refractivity contribution >= 4 is 45.0 Å². The van der Waals surface area contributed by atoms with Crippen LogP contribution in [-0.4, -0.2) is 27.2 Å². The number of benzene rings is 2. The molecule has 0 amide bonds. The second-order valence-electron chi connectivity index (χ2n) is 8.03. The van der Waals surface area contributed by atoms with Crippen molar-refractivity contribution in [3.8, 4) is 0 Å². The summed E-state index contributed by atoms with van der Waals surface area (Å²) in [7, 11) is 0. The third-order valence-electron chi connectivity index (χ3n) is 5.97. The van der Waals surface area contributed by atoms with Gasteiger partial charge in [0.15, 0.2) is 11.6 Å². The summed E-state index contributed by atoms with van der Waals surface area (Å²) in [6.45, 7) is 1.02. The van der Waals surface area contributed by atoms with Crippen LogP contribution in [0.3, 0.4) is 0 Å². The van der Waals surface area contributed by atoms with E-state index >= 15 is 0 Å². The average molecular weight is 461 g/mol. The maximum atomic E-state index is 14.9. The van der Waals surface area contributed by atoms with Crippen LogP contribution in [0.15, 0.2) is 59.2 Å². The molecule has 0 aliphatic heterocycles. The van der Waals surface area contributed by atoms with Gasteiger partial charge in [-0.1, -0.05) is 18.2 Å². The Labute approximate surface area is 191 Å². The molecule has 34 heavy (non-hydrogen) atoms. The summed E-state index contributed by atoms with van der Waals surface area (Å²) in [4.78, 5) is 37.1. The van der Waals surface area contributed by atoms with E-state index in [2.05, 4.69) is 0 Å². The molecular formula is C26H17F2NO5. The Morgan fingerprint density at radius 1 is 1.15 bits per heavy atom. The highest BCUT2D eigenvalue weighted by molar-refractivity contribution is 6.29. The normalized spacial score (nSPS) is 13.6. The van der Waals surface area contributed by atoms with Gasteiger partial charge >= 0.3 is 5.97 Å². The molecule has 5 rings (SSSR count). The largest absolute Gasteiger partial charge is 0.477 e. The number of fused-ring (bicyclic) bond motifs is 3. The van der Waals surface area contributed by atoms with E-state index in [-0.39, 0.29) is 74.4 Å². The molecule has 0 saturated carbocycles. The Hall–Kier alpha value is -4.33. The first kappa shape index (κ1) is 21.5. The van der Waals surface area contributed by atoms with Crippen LogP contribution in [0.4, 0.5) is 8.78 Å².